The van der Waals surface area contributed by atoms with Gasteiger partial charge in [-0.05, 0) is 51.8 Å². The Morgan fingerprint density at radius 2 is 1.96 bits per heavy atom. The van der Waals surface area contributed by atoms with Gasteiger partial charge in [-0.15, -0.1) is 10.2 Å². The summed E-state index contributed by atoms with van der Waals surface area (Å²) in [6, 6.07) is 8.91. The molecule has 0 atom stereocenters. The van der Waals surface area contributed by atoms with Crippen molar-refractivity contribution in [2.45, 2.75) is 44.8 Å². The molecule has 0 unspecified atom stereocenters. The number of thioether (sulfide) groups is 1. The number of halogens is 1. The van der Waals surface area contributed by atoms with Crippen LogP contribution in [0.1, 0.15) is 46.5 Å². The summed E-state index contributed by atoms with van der Waals surface area (Å²) < 4.78 is 18.1. The Morgan fingerprint density at radius 1 is 1.22 bits per heavy atom. The molecule has 3 aromatic rings. The van der Waals surface area contributed by atoms with Crippen LogP contribution >= 0.6 is 11.8 Å². The van der Waals surface area contributed by atoms with Gasteiger partial charge in [-0.25, -0.2) is 4.39 Å². The molecule has 0 spiro atoms. The average molecular weight is 384 g/mol. The second-order valence-electron chi connectivity index (χ2n) is 6.91. The van der Waals surface area contributed by atoms with Gasteiger partial charge in [-0.1, -0.05) is 23.9 Å². The lowest BCUT2D eigenvalue weighted by Crippen LogP contribution is -2.07. The van der Waals surface area contributed by atoms with Crippen molar-refractivity contribution in [2.75, 3.05) is 5.75 Å². The molecule has 27 heavy (non-hydrogen) atoms. The first-order chi connectivity index (χ1) is 13.0. The van der Waals surface area contributed by atoms with E-state index >= 15 is 0 Å². The van der Waals surface area contributed by atoms with Crippen molar-refractivity contribution in [2.24, 2.45) is 0 Å². The van der Waals surface area contributed by atoms with Gasteiger partial charge in [-0.2, -0.15) is 0 Å². The molecule has 2 aromatic heterocycles. The minimum atomic E-state index is -0.305. The fourth-order valence-corrected chi connectivity index (χ4v) is 4.39. The highest BCUT2D eigenvalue weighted by Crippen LogP contribution is 2.38. The van der Waals surface area contributed by atoms with Crippen molar-refractivity contribution >= 4 is 17.5 Å². The second-order valence-corrected chi connectivity index (χ2v) is 7.86. The van der Waals surface area contributed by atoms with Crippen molar-refractivity contribution in [1.82, 2.24) is 19.3 Å². The number of nitrogens with zero attached hydrogens (tertiary/aromatic N) is 4. The topological polar surface area (TPSA) is 52.7 Å². The van der Waals surface area contributed by atoms with Crippen LogP contribution in [0.25, 0.3) is 5.69 Å². The molecule has 7 heteroatoms. The number of aryl methyl sites for hydroxylation is 2. The predicted octanol–water partition coefficient (Wildman–Crippen LogP) is 4.44. The van der Waals surface area contributed by atoms with E-state index in [4.69, 9.17) is 0 Å². The molecule has 0 radical (unpaired) electrons. The van der Waals surface area contributed by atoms with Crippen LogP contribution in [0.3, 0.4) is 0 Å². The highest BCUT2D eigenvalue weighted by atomic mass is 32.2. The zero-order valence-corrected chi connectivity index (χ0v) is 16.4. The number of aromatic nitrogens is 4. The normalized spacial score (nSPS) is 13.9. The van der Waals surface area contributed by atoms with Gasteiger partial charge in [-0.3, -0.25) is 4.79 Å². The highest BCUT2D eigenvalue weighted by molar-refractivity contribution is 7.99. The fraction of sp³-hybridized carbons (Fsp3) is 0.350. The van der Waals surface area contributed by atoms with Crippen LogP contribution in [-0.2, 0) is 0 Å². The maximum Gasteiger partial charge on any atom is 0.191 e. The van der Waals surface area contributed by atoms with Crippen LogP contribution in [0.2, 0.25) is 0 Å². The van der Waals surface area contributed by atoms with Crippen LogP contribution in [0, 0.1) is 26.6 Å². The lowest BCUT2D eigenvalue weighted by atomic mass is 10.2. The third kappa shape index (κ3) is 3.32. The smallest absolute Gasteiger partial charge is 0.191 e. The lowest BCUT2D eigenvalue weighted by Gasteiger charge is -2.10. The Kier molecular flexibility index (Phi) is 4.63. The number of carbonyl (C=O) groups is 1. The van der Waals surface area contributed by atoms with Gasteiger partial charge in [0.05, 0.1) is 11.4 Å². The largest absolute Gasteiger partial charge is 0.315 e. The third-order valence-corrected chi connectivity index (χ3v) is 5.85. The molecule has 2 heterocycles. The summed E-state index contributed by atoms with van der Waals surface area (Å²) in [7, 11) is 0. The maximum absolute atomic E-state index is 14.2. The van der Waals surface area contributed by atoms with Crippen molar-refractivity contribution in [3.63, 3.8) is 0 Å². The maximum atomic E-state index is 14.2. The standard InChI is InChI=1S/C20H21FN4OS/c1-12-10-16(13(2)24(12)18-7-5-4-6-17(18)21)19(26)11-27-20-23-22-14(3)25(20)15-8-9-15/h4-7,10,15H,8-9,11H2,1-3H3. The van der Waals surface area contributed by atoms with E-state index in [-0.39, 0.29) is 17.4 Å². The van der Waals surface area contributed by atoms with Gasteiger partial charge in [0.2, 0.25) is 0 Å². The predicted molar refractivity (Wildman–Crippen MR) is 103 cm³/mol. The SMILES string of the molecule is Cc1cc(C(=O)CSc2nnc(C)n2C2CC2)c(C)n1-c1ccccc1F. The summed E-state index contributed by atoms with van der Waals surface area (Å²) in [6.45, 7) is 5.68. The molecule has 1 fully saturated rings. The molecule has 1 saturated carbocycles. The van der Waals surface area contributed by atoms with E-state index in [9.17, 15) is 9.18 Å². The summed E-state index contributed by atoms with van der Waals surface area (Å²) in [4.78, 5) is 12.8. The summed E-state index contributed by atoms with van der Waals surface area (Å²) >= 11 is 1.42. The highest BCUT2D eigenvalue weighted by Gasteiger charge is 2.29. The molecule has 0 saturated heterocycles. The Labute approximate surface area is 161 Å². The first kappa shape index (κ1) is 18.0. The Bertz CT molecular complexity index is 1020. The van der Waals surface area contributed by atoms with Gasteiger partial charge >= 0.3 is 0 Å². The molecule has 1 aliphatic carbocycles. The minimum Gasteiger partial charge on any atom is -0.315 e. The molecule has 140 valence electrons. The molecule has 1 aliphatic rings. The quantitative estimate of drug-likeness (QED) is 0.466. The molecule has 0 bridgehead atoms. The van der Waals surface area contributed by atoms with E-state index < -0.39 is 0 Å². The van der Waals surface area contributed by atoms with Crippen molar-refractivity contribution in [3.8, 4) is 5.69 Å². The van der Waals surface area contributed by atoms with E-state index in [1.165, 1.54) is 17.8 Å². The van der Waals surface area contributed by atoms with Crippen molar-refractivity contribution < 1.29 is 9.18 Å². The Hall–Kier alpha value is -2.41. The molecule has 4 rings (SSSR count). The van der Waals surface area contributed by atoms with Crippen molar-refractivity contribution in [1.29, 1.82) is 0 Å². The molecule has 5 nitrogen and oxygen atoms in total. The number of rotatable bonds is 6. The van der Waals surface area contributed by atoms with Crippen LogP contribution in [0.4, 0.5) is 4.39 Å². The first-order valence-corrected chi connectivity index (χ1v) is 9.97. The van der Waals surface area contributed by atoms with E-state index in [0.717, 1.165) is 35.2 Å². The van der Waals surface area contributed by atoms with Crippen molar-refractivity contribution in [3.05, 3.63) is 58.9 Å². The number of ketones is 1. The first-order valence-electron chi connectivity index (χ1n) is 8.98. The van der Waals surface area contributed by atoms with Crippen LogP contribution in [-0.4, -0.2) is 30.9 Å². The molecule has 1 aromatic carbocycles. The van der Waals surface area contributed by atoms with Crippen LogP contribution in [0.5, 0.6) is 0 Å². The van der Waals surface area contributed by atoms with E-state index in [2.05, 4.69) is 14.8 Å². The summed E-state index contributed by atoms with van der Waals surface area (Å²) in [5.74, 6) is 0.886. The average Bonchev–Trinajstić information content (AvgIpc) is 3.35. The summed E-state index contributed by atoms with van der Waals surface area (Å²) in [6.07, 6.45) is 2.29. The van der Waals surface area contributed by atoms with E-state index in [1.54, 1.807) is 22.8 Å². The Morgan fingerprint density at radius 3 is 2.67 bits per heavy atom. The van der Waals surface area contributed by atoms with Gasteiger partial charge < -0.3 is 9.13 Å². The molecular weight excluding hydrogens is 363 g/mol. The van der Waals surface area contributed by atoms with Gasteiger partial charge in [0, 0.05) is 23.0 Å². The van der Waals surface area contributed by atoms with Gasteiger partial charge in [0.25, 0.3) is 0 Å². The fourth-order valence-electron chi connectivity index (χ4n) is 3.46. The van der Waals surface area contributed by atoms with Gasteiger partial charge in [0.15, 0.2) is 10.9 Å². The van der Waals surface area contributed by atoms with Gasteiger partial charge in [0.1, 0.15) is 11.6 Å². The molecule has 0 N–H and O–H groups in total. The zero-order chi connectivity index (χ0) is 19.1. The minimum absolute atomic E-state index is 0.0127. The van der Waals surface area contributed by atoms with Crippen LogP contribution < -0.4 is 0 Å². The second kappa shape index (κ2) is 6.96. The van der Waals surface area contributed by atoms with E-state index in [1.807, 2.05) is 26.8 Å². The number of hydrogen-bond donors (Lipinski definition) is 0. The number of Topliss-reactive ketones (excluding diaryl/α,β-unsaturated/α-hetero) is 1. The Balaban J connectivity index is 1.57. The van der Waals surface area contributed by atoms with E-state index in [0.29, 0.717) is 17.3 Å². The molecule has 0 aliphatic heterocycles. The zero-order valence-electron chi connectivity index (χ0n) is 15.6. The lowest BCUT2D eigenvalue weighted by molar-refractivity contribution is 0.102. The third-order valence-electron chi connectivity index (χ3n) is 4.90. The number of hydrogen-bond acceptors (Lipinski definition) is 4. The monoisotopic (exact) mass is 384 g/mol. The summed E-state index contributed by atoms with van der Waals surface area (Å²) in [5.41, 5.74) is 2.67. The van der Waals surface area contributed by atoms with Crippen LogP contribution in [0.15, 0.2) is 35.5 Å². The number of benzene rings is 1. The summed E-state index contributed by atoms with van der Waals surface area (Å²) in [5, 5.41) is 9.16. The number of carbonyl (C=O) groups excluding carboxylic acids is 1. The number of para-hydroxylation sites is 1. The molecular formula is C20H21FN4OS. The molecule has 0 amide bonds.